The first-order valence-electron chi connectivity index (χ1n) is 4.06. The highest BCUT2D eigenvalue weighted by Gasteiger charge is 2.19. The molecule has 0 saturated carbocycles. The second kappa shape index (κ2) is 4.93. The van der Waals surface area contributed by atoms with Crippen LogP contribution in [0.15, 0.2) is 12.2 Å². The fourth-order valence-corrected chi connectivity index (χ4v) is 1.21. The van der Waals surface area contributed by atoms with Crippen LogP contribution in [-0.4, -0.2) is 35.6 Å². The quantitative estimate of drug-likeness (QED) is 0.635. The van der Waals surface area contributed by atoms with Crippen LogP contribution in [0.5, 0.6) is 0 Å². The fraction of sp³-hybridized carbons (Fsp3) is 0.667. The van der Waals surface area contributed by atoms with E-state index in [1.165, 1.54) is 0 Å². The van der Waals surface area contributed by atoms with E-state index in [1.807, 2.05) is 13.8 Å². The Morgan fingerprint density at radius 2 is 2.17 bits per heavy atom. The van der Waals surface area contributed by atoms with E-state index in [-0.39, 0.29) is 6.04 Å². The minimum absolute atomic E-state index is 0.387. The van der Waals surface area contributed by atoms with Crippen molar-refractivity contribution in [2.24, 2.45) is 0 Å². The summed E-state index contributed by atoms with van der Waals surface area (Å²) in [5.74, 6) is -0.763. The van der Waals surface area contributed by atoms with Gasteiger partial charge in [0.1, 0.15) is 6.04 Å². The van der Waals surface area contributed by atoms with Crippen molar-refractivity contribution >= 4 is 5.97 Å². The molecule has 0 aliphatic rings. The van der Waals surface area contributed by atoms with E-state index in [4.69, 9.17) is 5.11 Å². The van der Waals surface area contributed by atoms with E-state index >= 15 is 0 Å². The summed E-state index contributed by atoms with van der Waals surface area (Å²) in [5.41, 5.74) is 0.984. The second-order valence-corrected chi connectivity index (χ2v) is 3.13. The van der Waals surface area contributed by atoms with Crippen LogP contribution in [0.3, 0.4) is 0 Å². The number of likely N-dealkylation sites (N-methyl/N-ethyl adjacent to an activating group) is 1. The van der Waals surface area contributed by atoms with Crippen LogP contribution in [-0.2, 0) is 4.79 Å². The molecule has 0 aromatic carbocycles. The third kappa shape index (κ3) is 3.53. The van der Waals surface area contributed by atoms with Crippen molar-refractivity contribution in [1.82, 2.24) is 4.90 Å². The van der Waals surface area contributed by atoms with E-state index in [2.05, 4.69) is 6.58 Å². The molecule has 0 fully saturated rings. The standard InChI is InChI=1S/C9H17NO2/c1-5-8(9(11)12)10(4)6-7(2)3/h8H,2,5-6H2,1,3-4H3,(H,11,12). The number of hydrogen-bond donors (Lipinski definition) is 1. The number of carbonyl (C=O) groups is 1. The zero-order valence-corrected chi connectivity index (χ0v) is 8.00. The highest BCUT2D eigenvalue weighted by Crippen LogP contribution is 2.03. The predicted molar refractivity (Wildman–Crippen MR) is 49.2 cm³/mol. The average Bonchev–Trinajstić information content (AvgIpc) is 1.85. The summed E-state index contributed by atoms with van der Waals surface area (Å²) in [4.78, 5) is 12.5. The molecule has 1 unspecified atom stereocenters. The Morgan fingerprint density at radius 1 is 1.67 bits per heavy atom. The Balaban J connectivity index is 4.11. The van der Waals surface area contributed by atoms with Gasteiger partial charge >= 0.3 is 5.97 Å². The van der Waals surface area contributed by atoms with Gasteiger partial charge in [-0.3, -0.25) is 9.69 Å². The molecule has 0 saturated heterocycles. The first-order chi connectivity index (χ1) is 5.49. The first-order valence-corrected chi connectivity index (χ1v) is 4.06. The van der Waals surface area contributed by atoms with Crippen molar-refractivity contribution in [1.29, 1.82) is 0 Å². The summed E-state index contributed by atoms with van der Waals surface area (Å²) in [6, 6.07) is -0.387. The van der Waals surface area contributed by atoms with Gasteiger partial charge in [-0.2, -0.15) is 0 Å². The molecule has 0 spiro atoms. The van der Waals surface area contributed by atoms with Crippen LogP contribution < -0.4 is 0 Å². The predicted octanol–water partition coefficient (Wildman–Crippen LogP) is 1.36. The van der Waals surface area contributed by atoms with Crippen LogP contribution in [0.1, 0.15) is 20.3 Å². The maximum absolute atomic E-state index is 10.7. The lowest BCUT2D eigenvalue weighted by Gasteiger charge is -2.23. The zero-order valence-electron chi connectivity index (χ0n) is 8.00. The summed E-state index contributed by atoms with van der Waals surface area (Å²) in [5, 5.41) is 8.79. The number of carboxylic acids is 1. The monoisotopic (exact) mass is 171 g/mol. The van der Waals surface area contributed by atoms with E-state index in [9.17, 15) is 4.79 Å². The van der Waals surface area contributed by atoms with E-state index in [0.29, 0.717) is 13.0 Å². The lowest BCUT2D eigenvalue weighted by atomic mass is 10.2. The molecule has 3 nitrogen and oxygen atoms in total. The van der Waals surface area contributed by atoms with Gasteiger partial charge in [0.15, 0.2) is 0 Å². The Hall–Kier alpha value is -0.830. The molecule has 0 aromatic rings. The van der Waals surface area contributed by atoms with Gasteiger partial charge in [-0.15, -0.1) is 0 Å². The van der Waals surface area contributed by atoms with Gasteiger partial charge in [-0.25, -0.2) is 0 Å². The van der Waals surface area contributed by atoms with Crippen LogP contribution in [0.4, 0.5) is 0 Å². The second-order valence-electron chi connectivity index (χ2n) is 3.13. The van der Waals surface area contributed by atoms with Crippen LogP contribution in [0, 0.1) is 0 Å². The molecule has 3 heteroatoms. The molecular formula is C9H17NO2. The van der Waals surface area contributed by atoms with Crippen molar-refractivity contribution in [3.8, 4) is 0 Å². The molecule has 0 heterocycles. The zero-order chi connectivity index (χ0) is 9.72. The fourth-order valence-electron chi connectivity index (χ4n) is 1.21. The molecule has 0 aliphatic carbocycles. The van der Waals surface area contributed by atoms with Crippen molar-refractivity contribution < 1.29 is 9.90 Å². The van der Waals surface area contributed by atoms with Gasteiger partial charge in [-0.05, 0) is 20.4 Å². The number of carboxylic acid groups (broad SMARTS) is 1. The SMILES string of the molecule is C=C(C)CN(C)C(CC)C(=O)O. The smallest absolute Gasteiger partial charge is 0.320 e. The van der Waals surface area contributed by atoms with Crippen molar-refractivity contribution in [2.45, 2.75) is 26.3 Å². The summed E-state index contributed by atoms with van der Waals surface area (Å²) in [6.45, 7) is 8.14. The van der Waals surface area contributed by atoms with Gasteiger partial charge in [-0.1, -0.05) is 19.1 Å². The maximum Gasteiger partial charge on any atom is 0.320 e. The molecule has 12 heavy (non-hydrogen) atoms. The van der Waals surface area contributed by atoms with E-state index in [0.717, 1.165) is 5.57 Å². The third-order valence-corrected chi connectivity index (χ3v) is 1.72. The van der Waals surface area contributed by atoms with Gasteiger partial charge < -0.3 is 5.11 Å². The van der Waals surface area contributed by atoms with Crippen LogP contribution >= 0.6 is 0 Å². The summed E-state index contributed by atoms with van der Waals surface area (Å²) >= 11 is 0. The number of nitrogens with zero attached hydrogens (tertiary/aromatic N) is 1. The topological polar surface area (TPSA) is 40.5 Å². The van der Waals surface area contributed by atoms with Crippen molar-refractivity contribution in [3.63, 3.8) is 0 Å². The molecule has 0 aromatic heterocycles. The normalized spacial score (nSPS) is 13.0. The van der Waals surface area contributed by atoms with Crippen LogP contribution in [0.25, 0.3) is 0 Å². The largest absolute Gasteiger partial charge is 0.480 e. The van der Waals surface area contributed by atoms with Gasteiger partial charge in [0.25, 0.3) is 0 Å². The molecular weight excluding hydrogens is 154 g/mol. The summed E-state index contributed by atoms with van der Waals surface area (Å²) in [7, 11) is 1.80. The highest BCUT2D eigenvalue weighted by molar-refractivity contribution is 5.73. The Labute approximate surface area is 73.7 Å². The lowest BCUT2D eigenvalue weighted by molar-refractivity contribution is -0.142. The van der Waals surface area contributed by atoms with E-state index in [1.54, 1.807) is 11.9 Å². The summed E-state index contributed by atoms with van der Waals surface area (Å²) in [6.07, 6.45) is 0.624. The molecule has 0 rings (SSSR count). The first kappa shape index (κ1) is 11.2. The molecule has 0 aliphatic heterocycles. The molecule has 0 bridgehead atoms. The number of rotatable bonds is 5. The Morgan fingerprint density at radius 3 is 2.42 bits per heavy atom. The molecule has 1 atom stereocenters. The molecule has 0 radical (unpaired) electrons. The minimum Gasteiger partial charge on any atom is -0.480 e. The number of hydrogen-bond acceptors (Lipinski definition) is 2. The number of aliphatic carboxylic acids is 1. The Bertz CT molecular complexity index is 177. The van der Waals surface area contributed by atoms with Crippen molar-refractivity contribution in [2.75, 3.05) is 13.6 Å². The molecule has 0 amide bonds. The molecule has 70 valence electrons. The maximum atomic E-state index is 10.7. The van der Waals surface area contributed by atoms with E-state index < -0.39 is 5.97 Å². The Kier molecular flexibility index (Phi) is 4.59. The van der Waals surface area contributed by atoms with Gasteiger partial charge in [0.05, 0.1) is 0 Å². The lowest BCUT2D eigenvalue weighted by Crippen LogP contribution is -2.38. The van der Waals surface area contributed by atoms with Crippen molar-refractivity contribution in [3.05, 3.63) is 12.2 Å². The van der Waals surface area contributed by atoms with Gasteiger partial charge in [0, 0.05) is 6.54 Å². The molecule has 1 N–H and O–H groups in total. The average molecular weight is 171 g/mol. The third-order valence-electron chi connectivity index (χ3n) is 1.72. The van der Waals surface area contributed by atoms with Crippen LogP contribution in [0.2, 0.25) is 0 Å². The highest BCUT2D eigenvalue weighted by atomic mass is 16.4. The minimum atomic E-state index is -0.763. The van der Waals surface area contributed by atoms with Gasteiger partial charge in [0.2, 0.25) is 0 Å². The summed E-state index contributed by atoms with van der Waals surface area (Å²) < 4.78 is 0.